The fraction of sp³-hybridized carbons (Fsp3) is 0.368. The number of rotatable bonds is 2. The molecule has 2 unspecified atom stereocenters. The topological polar surface area (TPSA) is 33.2 Å². The summed E-state index contributed by atoms with van der Waals surface area (Å²) in [5.41, 5.74) is 1.72. The fourth-order valence-electron chi connectivity index (χ4n) is 4.14. The second kappa shape index (κ2) is 5.76. The quantitative estimate of drug-likeness (QED) is 0.846. The summed E-state index contributed by atoms with van der Waals surface area (Å²) in [7, 11) is 0. The Morgan fingerprint density at radius 1 is 1.04 bits per heavy atom. The Balaban J connectivity index is 1.54. The number of nitrogens with zero attached hydrogens (tertiary/aromatic N) is 2. The van der Waals surface area contributed by atoms with Gasteiger partial charge in [0.25, 0.3) is 5.91 Å². The Kier molecular flexibility index (Phi) is 3.60. The van der Waals surface area contributed by atoms with Crippen LogP contribution in [0.5, 0.6) is 0 Å². The van der Waals surface area contributed by atoms with E-state index in [0.717, 1.165) is 25.7 Å². The molecular weight excluding hydrogens is 291 g/mol. The van der Waals surface area contributed by atoms with Gasteiger partial charge >= 0.3 is 0 Å². The minimum Gasteiger partial charge on any atom is -0.331 e. The highest BCUT2D eigenvalue weighted by atomic mass is 19.1. The van der Waals surface area contributed by atoms with Crippen LogP contribution in [0, 0.1) is 5.82 Å². The first-order valence-electron chi connectivity index (χ1n) is 8.21. The van der Waals surface area contributed by atoms with Crippen LogP contribution in [0.25, 0.3) is 0 Å². The summed E-state index contributed by atoms with van der Waals surface area (Å²) >= 11 is 0. The molecular formula is C19H19FN2O. The first-order valence-corrected chi connectivity index (χ1v) is 8.21. The van der Waals surface area contributed by atoms with Crippen molar-refractivity contribution in [2.75, 3.05) is 0 Å². The molecule has 2 aliphatic heterocycles. The van der Waals surface area contributed by atoms with Crippen molar-refractivity contribution in [1.82, 2.24) is 9.88 Å². The second-order valence-electron chi connectivity index (χ2n) is 6.53. The molecule has 2 atom stereocenters. The molecule has 2 saturated heterocycles. The van der Waals surface area contributed by atoms with Gasteiger partial charge in [0.05, 0.1) is 0 Å². The number of halogens is 1. The Hall–Kier alpha value is -2.23. The lowest BCUT2D eigenvalue weighted by Gasteiger charge is -2.39. The molecule has 4 heteroatoms. The van der Waals surface area contributed by atoms with Gasteiger partial charge in [-0.3, -0.25) is 9.78 Å². The monoisotopic (exact) mass is 310 g/mol. The molecule has 0 spiro atoms. The first kappa shape index (κ1) is 14.4. The number of hydrogen-bond donors (Lipinski definition) is 0. The molecule has 3 nitrogen and oxygen atoms in total. The van der Waals surface area contributed by atoms with Crippen LogP contribution in [0.15, 0.2) is 48.7 Å². The minimum absolute atomic E-state index is 0.0515. The van der Waals surface area contributed by atoms with Crippen molar-refractivity contribution in [1.29, 1.82) is 0 Å². The maximum absolute atomic E-state index is 13.1. The van der Waals surface area contributed by atoms with Crippen molar-refractivity contribution in [2.24, 2.45) is 0 Å². The van der Waals surface area contributed by atoms with Gasteiger partial charge in [-0.15, -0.1) is 0 Å². The zero-order valence-corrected chi connectivity index (χ0v) is 12.9. The summed E-state index contributed by atoms with van der Waals surface area (Å²) in [5.74, 6) is 0.274. The smallest absolute Gasteiger partial charge is 0.272 e. The Morgan fingerprint density at radius 2 is 1.74 bits per heavy atom. The number of fused-ring (bicyclic) bond motifs is 2. The predicted octanol–water partition coefficient (Wildman–Crippen LogP) is 3.77. The van der Waals surface area contributed by atoms with E-state index in [9.17, 15) is 9.18 Å². The maximum atomic E-state index is 13.1. The largest absolute Gasteiger partial charge is 0.331 e. The van der Waals surface area contributed by atoms with E-state index in [1.54, 1.807) is 12.3 Å². The van der Waals surface area contributed by atoms with Crippen LogP contribution in [0.2, 0.25) is 0 Å². The van der Waals surface area contributed by atoms with E-state index in [1.165, 1.54) is 17.7 Å². The van der Waals surface area contributed by atoms with Crippen LogP contribution in [-0.4, -0.2) is 27.9 Å². The van der Waals surface area contributed by atoms with Gasteiger partial charge in [-0.2, -0.15) is 0 Å². The standard InChI is InChI=1S/C19H19FN2O/c20-15-6-4-13(5-7-15)14-11-16-8-9-17(12-14)22(16)19(23)18-3-1-2-10-21-18/h1-7,10,14,16-17H,8-9,11-12H2. The molecule has 3 heterocycles. The second-order valence-corrected chi connectivity index (χ2v) is 6.53. The van der Waals surface area contributed by atoms with E-state index in [0.29, 0.717) is 11.6 Å². The zero-order valence-electron chi connectivity index (χ0n) is 12.9. The molecule has 0 N–H and O–H groups in total. The number of piperidine rings is 1. The van der Waals surface area contributed by atoms with E-state index in [2.05, 4.69) is 4.98 Å². The lowest BCUT2D eigenvalue weighted by Crippen LogP contribution is -2.46. The van der Waals surface area contributed by atoms with Crippen LogP contribution in [0.3, 0.4) is 0 Å². The molecule has 118 valence electrons. The summed E-state index contributed by atoms with van der Waals surface area (Å²) < 4.78 is 13.1. The summed E-state index contributed by atoms with van der Waals surface area (Å²) in [6.45, 7) is 0. The van der Waals surface area contributed by atoms with E-state index in [1.807, 2.05) is 29.2 Å². The number of carbonyl (C=O) groups is 1. The Morgan fingerprint density at radius 3 is 2.35 bits per heavy atom. The fourth-order valence-corrected chi connectivity index (χ4v) is 4.14. The third-order valence-electron chi connectivity index (χ3n) is 5.19. The lowest BCUT2D eigenvalue weighted by atomic mass is 9.85. The molecule has 23 heavy (non-hydrogen) atoms. The Bertz CT molecular complexity index is 687. The average Bonchev–Trinajstić information content (AvgIpc) is 2.85. The average molecular weight is 310 g/mol. The lowest BCUT2D eigenvalue weighted by molar-refractivity contribution is 0.0565. The van der Waals surface area contributed by atoms with Crippen molar-refractivity contribution < 1.29 is 9.18 Å². The Labute approximate surface area is 135 Å². The van der Waals surface area contributed by atoms with Gasteiger partial charge in [0.15, 0.2) is 0 Å². The SMILES string of the molecule is O=C(c1ccccn1)N1C2CCC1CC(c1ccc(F)cc1)C2. The van der Waals surface area contributed by atoms with Gasteiger partial charge in [0.1, 0.15) is 11.5 Å². The number of hydrogen-bond acceptors (Lipinski definition) is 2. The normalized spacial score (nSPS) is 26.3. The van der Waals surface area contributed by atoms with Crippen molar-refractivity contribution in [3.05, 3.63) is 65.7 Å². The summed E-state index contributed by atoms with van der Waals surface area (Å²) in [4.78, 5) is 19.0. The molecule has 4 rings (SSSR count). The zero-order chi connectivity index (χ0) is 15.8. The minimum atomic E-state index is -0.195. The van der Waals surface area contributed by atoms with Crippen LogP contribution in [-0.2, 0) is 0 Å². The molecule has 0 radical (unpaired) electrons. The van der Waals surface area contributed by atoms with Gasteiger partial charge in [0, 0.05) is 18.3 Å². The van der Waals surface area contributed by atoms with Crippen LogP contribution in [0.1, 0.15) is 47.7 Å². The summed E-state index contributed by atoms with van der Waals surface area (Å²) in [6, 6.07) is 12.8. The van der Waals surface area contributed by atoms with Gasteiger partial charge in [-0.25, -0.2) is 4.39 Å². The molecule has 1 aromatic heterocycles. The van der Waals surface area contributed by atoms with Gasteiger partial charge in [-0.1, -0.05) is 18.2 Å². The highest BCUT2D eigenvalue weighted by Gasteiger charge is 2.43. The molecule has 0 aliphatic carbocycles. The van der Waals surface area contributed by atoms with E-state index < -0.39 is 0 Å². The highest BCUT2D eigenvalue weighted by Crippen LogP contribution is 2.43. The predicted molar refractivity (Wildman–Crippen MR) is 85.6 cm³/mol. The third-order valence-corrected chi connectivity index (χ3v) is 5.19. The van der Waals surface area contributed by atoms with E-state index >= 15 is 0 Å². The molecule has 2 fully saturated rings. The van der Waals surface area contributed by atoms with Crippen LogP contribution < -0.4 is 0 Å². The van der Waals surface area contributed by atoms with Gasteiger partial charge < -0.3 is 4.90 Å². The van der Waals surface area contributed by atoms with Crippen LogP contribution in [0.4, 0.5) is 4.39 Å². The molecule has 1 amide bonds. The van der Waals surface area contributed by atoms with E-state index in [4.69, 9.17) is 0 Å². The number of carbonyl (C=O) groups excluding carboxylic acids is 1. The molecule has 2 aromatic rings. The molecule has 2 aliphatic rings. The number of amides is 1. The van der Waals surface area contributed by atoms with Crippen molar-refractivity contribution in [2.45, 2.75) is 43.7 Å². The van der Waals surface area contributed by atoms with Crippen LogP contribution >= 0.6 is 0 Å². The number of pyridine rings is 1. The maximum Gasteiger partial charge on any atom is 0.272 e. The van der Waals surface area contributed by atoms with Crippen molar-refractivity contribution in [3.63, 3.8) is 0 Å². The first-order chi connectivity index (χ1) is 11.2. The summed E-state index contributed by atoms with van der Waals surface area (Å²) in [6.07, 6.45) is 5.70. The van der Waals surface area contributed by atoms with Gasteiger partial charge in [-0.05, 0) is 61.4 Å². The number of aromatic nitrogens is 1. The molecule has 0 saturated carbocycles. The molecule has 1 aromatic carbocycles. The molecule has 2 bridgehead atoms. The highest BCUT2D eigenvalue weighted by molar-refractivity contribution is 5.93. The van der Waals surface area contributed by atoms with Gasteiger partial charge in [0.2, 0.25) is 0 Å². The number of benzene rings is 1. The summed E-state index contributed by atoms with van der Waals surface area (Å²) in [5, 5.41) is 0. The third kappa shape index (κ3) is 2.62. The van der Waals surface area contributed by atoms with E-state index in [-0.39, 0.29) is 23.8 Å². The van der Waals surface area contributed by atoms with Crippen molar-refractivity contribution in [3.8, 4) is 0 Å². The van der Waals surface area contributed by atoms with Crippen molar-refractivity contribution >= 4 is 5.91 Å².